The van der Waals surface area contributed by atoms with E-state index in [1.54, 1.807) is 24.3 Å². The second-order valence-electron chi connectivity index (χ2n) is 7.94. The molecule has 0 saturated carbocycles. The van der Waals surface area contributed by atoms with Crippen molar-refractivity contribution in [2.24, 2.45) is 4.99 Å². The Labute approximate surface area is 175 Å². The first-order chi connectivity index (χ1) is 13.8. The number of rotatable bonds is 10. The molecule has 1 aromatic rings. The van der Waals surface area contributed by atoms with Gasteiger partial charge in [0.05, 0.1) is 6.54 Å². The molecular weight excluding hydrogens is 366 g/mol. The Morgan fingerprint density at radius 1 is 1.34 bits per heavy atom. The molecular formula is C22H37N5O2. The maximum absolute atomic E-state index is 12.6. The Balaban J connectivity index is 2.58. The molecule has 0 atom stereocenters. The van der Waals surface area contributed by atoms with Gasteiger partial charge in [0, 0.05) is 46.1 Å². The number of aromatic nitrogens is 1. The number of hydrogen-bond acceptors (Lipinski definition) is 4. The van der Waals surface area contributed by atoms with Gasteiger partial charge in [-0.2, -0.15) is 0 Å². The van der Waals surface area contributed by atoms with Crippen LogP contribution in [-0.4, -0.2) is 66.2 Å². The van der Waals surface area contributed by atoms with Gasteiger partial charge in [-0.3, -0.25) is 9.98 Å². The van der Waals surface area contributed by atoms with E-state index in [-0.39, 0.29) is 6.09 Å². The molecule has 0 aliphatic heterocycles. The third-order valence-corrected chi connectivity index (χ3v) is 4.11. The van der Waals surface area contributed by atoms with Gasteiger partial charge < -0.3 is 19.9 Å². The number of nitrogens with zero attached hydrogens (tertiary/aromatic N) is 4. The lowest BCUT2D eigenvalue weighted by molar-refractivity contribution is 0.0232. The fraction of sp³-hybridized carbons (Fsp3) is 0.591. The standard InChI is InChI=1S/C22H37N5O2/c1-7-8-9-15-26(6)20(23-5)25-14-11-16-27(21(28)29-22(2,3)4)18-19-12-10-13-24-17-19/h7,10,12-13,17H,1,8-9,11,14-16,18H2,2-6H3,(H,23,25). The van der Waals surface area contributed by atoms with Gasteiger partial charge in [0.1, 0.15) is 5.60 Å². The predicted octanol–water partition coefficient (Wildman–Crippen LogP) is 3.68. The van der Waals surface area contributed by atoms with Crippen LogP contribution >= 0.6 is 0 Å². The lowest BCUT2D eigenvalue weighted by atomic mass is 10.2. The van der Waals surface area contributed by atoms with Crippen LogP contribution < -0.4 is 5.32 Å². The van der Waals surface area contributed by atoms with Crippen molar-refractivity contribution in [3.8, 4) is 0 Å². The molecule has 0 aliphatic carbocycles. The number of amides is 1. The van der Waals surface area contributed by atoms with E-state index in [4.69, 9.17) is 4.74 Å². The zero-order chi connectivity index (χ0) is 21.7. The van der Waals surface area contributed by atoms with Crippen molar-refractivity contribution in [2.75, 3.05) is 33.7 Å². The van der Waals surface area contributed by atoms with Gasteiger partial charge in [0.25, 0.3) is 0 Å². The fourth-order valence-corrected chi connectivity index (χ4v) is 2.71. The number of guanidine groups is 1. The zero-order valence-corrected chi connectivity index (χ0v) is 18.6. The second-order valence-corrected chi connectivity index (χ2v) is 7.94. The smallest absolute Gasteiger partial charge is 0.410 e. The minimum Gasteiger partial charge on any atom is -0.444 e. The molecule has 0 bridgehead atoms. The van der Waals surface area contributed by atoms with Gasteiger partial charge >= 0.3 is 6.09 Å². The SMILES string of the molecule is C=CCCCN(C)C(=NC)NCCCN(Cc1cccnc1)C(=O)OC(C)(C)C. The summed E-state index contributed by atoms with van der Waals surface area (Å²) in [6.07, 6.45) is 7.92. The molecule has 0 radical (unpaired) electrons. The summed E-state index contributed by atoms with van der Waals surface area (Å²) in [5, 5.41) is 3.36. The number of carbonyl (C=O) groups is 1. The summed E-state index contributed by atoms with van der Waals surface area (Å²) in [6.45, 7) is 12.1. The van der Waals surface area contributed by atoms with Gasteiger partial charge in [-0.25, -0.2) is 4.79 Å². The Kier molecular flexibility index (Phi) is 10.8. The van der Waals surface area contributed by atoms with Crippen LogP contribution in [0, 0.1) is 0 Å². The molecule has 7 heteroatoms. The quantitative estimate of drug-likeness (QED) is 0.279. The topological polar surface area (TPSA) is 70.1 Å². The van der Waals surface area contributed by atoms with Crippen LogP contribution in [-0.2, 0) is 11.3 Å². The van der Waals surface area contributed by atoms with E-state index < -0.39 is 5.60 Å². The third-order valence-electron chi connectivity index (χ3n) is 4.11. The highest BCUT2D eigenvalue weighted by Crippen LogP contribution is 2.12. The molecule has 162 valence electrons. The Morgan fingerprint density at radius 2 is 2.10 bits per heavy atom. The van der Waals surface area contributed by atoms with E-state index in [0.717, 1.165) is 37.3 Å². The van der Waals surface area contributed by atoms with Gasteiger partial charge in [-0.1, -0.05) is 12.1 Å². The number of pyridine rings is 1. The van der Waals surface area contributed by atoms with E-state index in [1.807, 2.05) is 46.0 Å². The lowest BCUT2D eigenvalue weighted by Gasteiger charge is -2.28. The highest BCUT2D eigenvalue weighted by atomic mass is 16.6. The van der Waals surface area contributed by atoms with Crippen LogP contribution in [0.4, 0.5) is 4.79 Å². The molecule has 1 N–H and O–H groups in total. The minimum absolute atomic E-state index is 0.313. The number of unbranched alkanes of at least 4 members (excludes halogenated alkanes) is 1. The van der Waals surface area contributed by atoms with Crippen LogP contribution in [0.1, 0.15) is 45.6 Å². The van der Waals surface area contributed by atoms with Crippen molar-refractivity contribution < 1.29 is 9.53 Å². The summed E-state index contributed by atoms with van der Waals surface area (Å²) in [7, 11) is 3.80. The first kappa shape index (κ1) is 24.5. The number of carbonyl (C=O) groups excluding carboxylic acids is 1. The van der Waals surface area contributed by atoms with Crippen molar-refractivity contribution >= 4 is 12.1 Å². The van der Waals surface area contributed by atoms with E-state index in [1.165, 1.54) is 0 Å². The summed E-state index contributed by atoms with van der Waals surface area (Å²) in [4.78, 5) is 24.9. The number of aliphatic imine (C=N–C) groups is 1. The molecule has 0 aliphatic rings. The van der Waals surface area contributed by atoms with Gasteiger partial charge in [-0.15, -0.1) is 6.58 Å². The molecule has 0 unspecified atom stereocenters. The molecule has 0 saturated heterocycles. The van der Waals surface area contributed by atoms with Crippen molar-refractivity contribution in [1.82, 2.24) is 20.1 Å². The monoisotopic (exact) mass is 403 g/mol. The first-order valence-corrected chi connectivity index (χ1v) is 10.2. The van der Waals surface area contributed by atoms with Crippen molar-refractivity contribution in [3.63, 3.8) is 0 Å². The zero-order valence-electron chi connectivity index (χ0n) is 18.6. The molecule has 29 heavy (non-hydrogen) atoms. The highest BCUT2D eigenvalue weighted by Gasteiger charge is 2.22. The van der Waals surface area contributed by atoms with Gasteiger partial charge in [0.2, 0.25) is 0 Å². The van der Waals surface area contributed by atoms with Crippen LogP contribution in [0.5, 0.6) is 0 Å². The van der Waals surface area contributed by atoms with E-state index in [2.05, 4.69) is 26.8 Å². The summed E-state index contributed by atoms with van der Waals surface area (Å²) in [5.41, 5.74) is 0.447. The van der Waals surface area contributed by atoms with Crippen molar-refractivity contribution in [1.29, 1.82) is 0 Å². The number of nitrogens with one attached hydrogen (secondary N) is 1. The molecule has 7 nitrogen and oxygen atoms in total. The van der Waals surface area contributed by atoms with Gasteiger partial charge in [-0.05, 0) is 51.7 Å². The first-order valence-electron chi connectivity index (χ1n) is 10.2. The van der Waals surface area contributed by atoms with Crippen LogP contribution in [0.25, 0.3) is 0 Å². The molecule has 0 fully saturated rings. The normalized spacial score (nSPS) is 11.7. The Hall–Kier alpha value is -2.57. The van der Waals surface area contributed by atoms with Crippen molar-refractivity contribution in [2.45, 2.75) is 52.2 Å². The minimum atomic E-state index is -0.529. The summed E-state index contributed by atoms with van der Waals surface area (Å²) in [6, 6.07) is 3.83. The Bertz CT molecular complexity index is 640. The van der Waals surface area contributed by atoms with Crippen LogP contribution in [0.3, 0.4) is 0 Å². The summed E-state index contributed by atoms with van der Waals surface area (Å²) in [5.74, 6) is 0.852. The van der Waals surface area contributed by atoms with E-state index >= 15 is 0 Å². The number of hydrogen-bond donors (Lipinski definition) is 1. The lowest BCUT2D eigenvalue weighted by Crippen LogP contribution is -2.41. The molecule has 1 aromatic heterocycles. The third kappa shape index (κ3) is 10.5. The van der Waals surface area contributed by atoms with E-state index in [9.17, 15) is 4.79 Å². The van der Waals surface area contributed by atoms with Gasteiger partial charge in [0.15, 0.2) is 5.96 Å². The van der Waals surface area contributed by atoms with E-state index in [0.29, 0.717) is 19.6 Å². The molecule has 0 spiro atoms. The van der Waals surface area contributed by atoms with Crippen LogP contribution in [0.15, 0.2) is 42.2 Å². The maximum atomic E-state index is 12.6. The number of allylic oxidation sites excluding steroid dienone is 1. The summed E-state index contributed by atoms with van der Waals surface area (Å²) >= 11 is 0. The second kappa shape index (κ2) is 12.8. The van der Waals surface area contributed by atoms with Crippen molar-refractivity contribution in [3.05, 3.63) is 42.7 Å². The average Bonchev–Trinajstić information content (AvgIpc) is 2.66. The molecule has 1 rings (SSSR count). The van der Waals surface area contributed by atoms with Crippen LogP contribution in [0.2, 0.25) is 0 Å². The highest BCUT2D eigenvalue weighted by molar-refractivity contribution is 5.79. The predicted molar refractivity (Wildman–Crippen MR) is 119 cm³/mol. The average molecular weight is 404 g/mol. The number of ether oxygens (including phenoxy) is 1. The molecule has 1 heterocycles. The molecule has 0 aromatic carbocycles. The molecule has 1 amide bonds. The fourth-order valence-electron chi connectivity index (χ4n) is 2.71. The largest absolute Gasteiger partial charge is 0.444 e. The maximum Gasteiger partial charge on any atom is 0.410 e. The Morgan fingerprint density at radius 3 is 2.69 bits per heavy atom. The summed E-state index contributed by atoms with van der Waals surface area (Å²) < 4.78 is 5.57.